The first-order chi connectivity index (χ1) is 29.3. The van der Waals surface area contributed by atoms with E-state index in [2.05, 4.69) is 161 Å². The van der Waals surface area contributed by atoms with Crippen LogP contribution in [0.5, 0.6) is 0 Å². The first-order valence-electron chi connectivity index (χ1n) is 22.7. The van der Waals surface area contributed by atoms with E-state index in [1.807, 2.05) is 0 Å². The third-order valence-electron chi connectivity index (χ3n) is 17.6. The molecule has 2 nitrogen and oxygen atoms in total. The van der Waals surface area contributed by atoms with Crippen molar-refractivity contribution in [3.63, 3.8) is 0 Å². The highest BCUT2D eigenvalue weighted by atomic mass is 15.2. The second kappa shape index (κ2) is 11.1. The summed E-state index contributed by atoms with van der Waals surface area (Å²) in [4.78, 5) is 5.23. The molecule has 4 saturated carbocycles. The number of rotatable bonds is 2. The predicted molar refractivity (Wildman–Crippen MR) is 244 cm³/mol. The minimum absolute atomic E-state index is 0.126. The predicted octanol–water partition coefficient (Wildman–Crippen LogP) is 11.9. The maximum absolute atomic E-state index is 2.75. The van der Waals surface area contributed by atoms with Crippen molar-refractivity contribution in [2.75, 3.05) is 9.80 Å². The van der Waals surface area contributed by atoms with Crippen molar-refractivity contribution in [3.05, 3.63) is 174 Å². The Morgan fingerprint density at radius 2 is 0.864 bits per heavy atom. The highest BCUT2D eigenvalue weighted by Gasteiger charge is 2.62. The van der Waals surface area contributed by atoms with Crippen LogP contribution in [0.4, 0.5) is 34.1 Å². The second-order valence-electron chi connectivity index (χ2n) is 19.3. The molecule has 8 aliphatic rings. The van der Waals surface area contributed by atoms with Gasteiger partial charge in [-0.3, -0.25) is 0 Å². The Balaban J connectivity index is 0.984. The van der Waals surface area contributed by atoms with Crippen molar-refractivity contribution in [2.45, 2.75) is 62.2 Å². The van der Waals surface area contributed by atoms with Gasteiger partial charge in [0.05, 0.1) is 0 Å². The zero-order valence-corrected chi connectivity index (χ0v) is 33.4. The molecule has 2 heterocycles. The summed E-state index contributed by atoms with van der Waals surface area (Å²) in [7, 11) is 0. The third-order valence-corrected chi connectivity index (χ3v) is 17.6. The first kappa shape index (κ1) is 32.1. The fraction of sp³-hybridized carbons (Fsp3) is 0.250. The molecule has 0 radical (unpaired) electrons. The number of hydrogen-bond acceptors (Lipinski definition) is 2. The van der Waals surface area contributed by atoms with Gasteiger partial charge in [0.25, 0.3) is 6.71 Å². The minimum Gasteiger partial charge on any atom is -0.311 e. The Kier molecular flexibility index (Phi) is 6.02. The monoisotopic (exact) mass is 756 g/mol. The van der Waals surface area contributed by atoms with Gasteiger partial charge in [0.15, 0.2) is 0 Å². The van der Waals surface area contributed by atoms with Gasteiger partial charge >= 0.3 is 0 Å². The molecule has 7 aromatic carbocycles. The lowest BCUT2D eigenvalue weighted by molar-refractivity contribution is 0.400. The second-order valence-corrected chi connectivity index (χ2v) is 19.3. The van der Waals surface area contributed by atoms with Crippen molar-refractivity contribution < 1.29 is 0 Å². The van der Waals surface area contributed by atoms with Crippen LogP contribution in [0, 0.1) is 23.7 Å². The van der Waals surface area contributed by atoms with Crippen LogP contribution in [0.15, 0.2) is 152 Å². The van der Waals surface area contributed by atoms with Crippen LogP contribution < -0.4 is 26.2 Å². The number of anilines is 6. The lowest BCUT2D eigenvalue weighted by Crippen LogP contribution is -2.61. The van der Waals surface area contributed by atoms with Crippen molar-refractivity contribution in [1.29, 1.82) is 0 Å². The molecule has 3 heteroatoms. The Labute approximate surface area is 347 Å². The summed E-state index contributed by atoms with van der Waals surface area (Å²) in [6, 6.07) is 59.7. The molecule has 59 heavy (non-hydrogen) atoms. The van der Waals surface area contributed by atoms with Gasteiger partial charge in [0.2, 0.25) is 0 Å². The molecule has 2 spiro atoms. The number of para-hydroxylation sites is 2. The number of hydrogen-bond donors (Lipinski definition) is 0. The van der Waals surface area contributed by atoms with E-state index in [4.69, 9.17) is 0 Å². The SMILES string of the molecule is c1ccc(N2c3cc4c(cc3B3c5ccccc5N(c5ccc6c(c5)-c5ccccc5C65C6CCC5CC6)c5cccc2c53)C2(c3ccccc3-4)C3CCC2CC3)cc1. The van der Waals surface area contributed by atoms with E-state index < -0.39 is 0 Å². The molecule has 2 aliphatic heterocycles. The molecule has 0 unspecified atom stereocenters. The molecule has 15 rings (SSSR count). The summed E-state index contributed by atoms with van der Waals surface area (Å²) in [5.41, 5.74) is 24.6. The summed E-state index contributed by atoms with van der Waals surface area (Å²) in [6.07, 6.45) is 10.9. The zero-order chi connectivity index (χ0) is 38.2. The Morgan fingerprint density at radius 1 is 0.356 bits per heavy atom. The first-order valence-corrected chi connectivity index (χ1v) is 22.7. The molecule has 0 saturated heterocycles. The third kappa shape index (κ3) is 3.64. The molecule has 4 fully saturated rings. The molecule has 0 amide bonds. The molecule has 0 aromatic heterocycles. The molecule has 0 N–H and O–H groups in total. The van der Waals surface area contributed by atoms with Crippen molar-refractivity contribution in [1.82, 2.24) is 0 Å². The maximum Gasteiger partial charge on any atom is 0.252 e. The van der Waals surface area contributed by atoms with Crippen molar-refractivity contribution in [2.24, 2.45) is 23.7 Å². The van der Waals surface area contributed by atoms with Gasteiger partial charge in [-0.2, -0.15) is 0 Å². The highest BCUT2D eigenvalue weighted by molar-refractivity contribution is 7.00. The molecular formula is C56H45BN2. The largest absolute Gasteiger partial charge is 0.311 e. The Hall–Kier alpha value is -5.80. The lowest BCUT2D eigenvalue weighted by Gasteiger charge is -2.44. The van der Waals surface area contributed by atoms with E-state index in [1.165, 1.54) is 124 Å². The average Bonchev–Trinajstić information content (AvgIpc) is 4.15. The van der Waals surface area contributed by atoms with E-state index in [0.717, 1.165) is 23.7 Å². The summed E-state index contributed by atoms with van der Waals surface area (Å²) in [6.45, 7) is 0.126. The topological polar surface area (TPSA) is 6.48 Å². The van der Waals surface area contributed by atoms with Crippen LogP contribution in [0.25, 0.3) is 22.3 Å². The van der Waals surface area contributed by atoms with Crippen LogP contribution in [-0.2, 0) is 10.8 Å². The molecule has 6 aliphatic carbocycles. The van der Waals surface area contributed by atoms with Gasteiger partial charge in [-0.25, -0.2) is 0 Å². The standard InChI is InChI=1S/C56H45BN2/c1-2-11-38(12-3-1)58-51-19-10-20-52-54(51)57(49-33-47-43(32-53(49)58)41-14-5-7-16-45(41)56(47)36-25-26-37(56)28-27-36)48-17-8-9-18-50(48)59(52)39-29-30-46-42(31-39)40-13-4-6-15-44(40)55(46)34-21-22-35(55)24-23-34/h1-20,29-37H,21-28H2. The Morgan fingerprint density at radius 3 is 1.53 bits per heavy atom. The van der Waals surface area contributed by atoms with Gasteiger partial charge in [0.1, 0.15) is 0 Å². The van der Waals surface area contributed by atoms with E-state index in [9.17, 15) is 0 Å². The smallest absolute Gasteiger partial charge is 0.252 e. The molecule has 282 valence electrons. The van der Waals surface area contributed by atoms with Gasteiger partial charge in [0, 0.05) is 45.0 Å². The minimum atomic E-state index is 0.126. The molecular weight excluding hydrogens is 711 g/mol. The Bertz CT molecular complexity index is 2940. The van der Waals surface area contributed by atoms with Gasteiger partial charge in [-0.15, -0.1) is 0 Å². The van der Waals surface area contributed by atoms with Gasteiger partial charge in [-0.1, -0.05) is 103 Å². The lowest BCUT2D eigenvalue weighted by atomic mass is 9.33. The van der Waals surface area contributed by atoms with Gasteiger partial charge in [-0.05, 0) is 184 Å². The van der Waals surface area contributed by atoms with E-state index in [-0.39, 0.29) is 17.5 Å². The van der Waals surface area contributed by atoms with Crippen molar-refractivity contribution in [3.8, 4) is 22.3 Å². The summed E-state index contributed by atoms with van der Waals surface area (Å²) in [5, 5.41) is 0. The summed E-state index contributed by atoms with van der Waals surface area (Å²) >= 11 is 0. The molecule has 7 aromatic rings. The average molecular weight is 757 g/mol. The maximum atomic E-state index is 2.75. The van der Waals surface area contributed by atoms with E-state index >= 15 is 0 Å². The van der Waals surface area contributed by atoms with Crippen LogP contribution >= 0.6 is 0 Å². The van der Waals surface area contributed by atoms with Crippen LogP contribution in [0.2, 0.25) is 0 Å². The zero-order valence-electron chi connectivity index (χ0n) is 33.4. The normalized spacial score (nSPS) is 27.5. The van der Waals surface area contributed by atoms with Crippen molar-refractivity contribution >= 4 is 57.2 Å². The fourth-order valence-electron chi connectivity index (χ4n) is 15.8. The summed E-state index contributed by atoms with van der Waals surface area (Å²) in [5.74, 6) is 2.97. The molecule has 4 bridgehead atoms. The van der Waals surface area contributed by atoms with Crippen LogP contribution in [-0.4, -0.2) is 6.71 Å². The number of fused-ring (bicyclic) bond motifs is 10. The van der Waals surface area contributed by atoms with Gasteiger partial charge < -0.3 is 9.80 Å². The van der Waals surface area contributed by atoms with E-state index in [1.54, 1.807) is 22.3 Å². The highest BCUT2D eigenvalue weighted by Crippen LogP contribution is 2.69. The molecule has 0 atom stereocenters. The quantitative estimate of drug-likeness (QED) is 0.162. The summed E-state index contributed by atoms with van der Waals surface area (Å²) < 4.78 is 0. The number of benzene rings is 7. The number of nitrogens with zero attached hydrogens (tertiary/aromatic N) is 2. The van der Waals surface area contributed by atoms with Crippen LogP contribution in [0.3, 0.4) is 0 Å². The fourth-order valence-corrected chi connectivity index (χ4v) is 15.8. The van der Waals surface area contributed by atoms with E-state index in [0.29, 0.717) is 0 Å². The van der Waals surface area contributed by atoms with Crippen LogP contribution in [0.1, 0.15) is 73.6 Å².